The maximum Gasteiger partial charge on any atom is 0.282 e. The van der Waals surface area contributed by atoms with Crippen molar-refractivity contribution in [2.45, 2.75) is 0 Å². The summed E-state index contributed by atoms with van der Waals surface area (Å²) in [5.41, 5.74) is 2.24. The number of benzene rings is 3. The Morgan fingerprint density at radius 3 is 2.47 bits per heavy atom. The van der Waals surface area contributed by atoms with Gasteiger partial charge >= 0.3 is 0 Å². The Hall–Kier alpha value is -3.64. The van der Waals surface area contributed by atoms with Crippen LogP contribution in [0.4, 0.5) is 10.1 Å². The van der Waals surface area contributed by atoms with Crippen molar-refractivity contribution in [2.24, 2.45) is 4.99 Å². The summed E-state index contributed by atoms with van der Waals surface area (Å²) in [7, 11) is 0. The van der Waals surface area contributed by atoms with Gasteiger partial charge in [-0.05, 0) is 72.3 Å². The molecule has 0 N–H and O–H groups in total. The van der Waals surface area contributed by atoms with Crippen molar-refractivity contribution in [2.75, 3.05) is 11.7 Å². The van der Waals surface area contributed by atoms with E-state index in [-0.39, 0.29) is 24.2 Å². The maximum absolute atomic E-state index is 13.4. The molecule has 2 aliphatic rings. The Kier molecular flexibility index (Phi) is 4.48. The van der Waals surface area contributed by atoms with Crippen LogP contribution in [-0.4, -0.2) is 18.5 Å². The minimum atomic E-state index is -0.363. The normalized spacial score (nSPS) is 16.3. The third-order valence-corrected chi connectivity index (χ3v) is 5.00. The number of hydrogen-bond donors (Lipinski definition) is 0. The van der Waals surface area contributed by atoms with Gasteiger partial charge in [-0.15, -0.1) is 0 Å². The van der Waals surface area contributed by atoms with Gasteiger partial charge in [0.15, 0.2) is 11.5 Å². The minimum absolute atomic E-state index is 0.172. The first-order chi connectivity index (χ1) is 14.6. The number of rotatable bonds is 3. The molecule has 30 heavy (non-hydrogen) atoms. The van der Waals surface area contributed by atoms with Gasteiger partial charge in [0.05, 0.1) is 5.69 Å². The van der Waals surface area contributed by atoms with Crippen LogP contribution in [0.1, 0.15) is 11.1 Å². The first kappa shape index (κ1) is 18.4. The van der Waals surface area contributed by atoms with Crippen LogP contribution >= 0.6 is 11.6 Å². The molecule has 1 amide bonds. The van der Waals surface area contributed by atoms with Crippen LogP contribution in [-0.2, 0) is 4.79 Å². The monoisotopic (exact) mass is 420 g/mol. The second-order valence-corrected chi connectivity index (χ2v) is 7.14. The molecule has 5 nitrogen and oxygen atoms in total. The molecule has 5 rings (SSSR count). The lowest BCUT2D eigenvalue weighted by atomic mass is 10.1. The predicted octanol–water partition coefficient (Wildman–Crippen LogP) is 5.04. The fourth-order valence-corrected chi connectivity index (χ4v) is 3.43. The second kappa shape index (κ2) is 7.31. The summed E-state index contributed by atoms with van der Waals surface area (Å²) in [5.74, 6) is 1.03. The second-order valence-electron chi connectivity index (χ2n) is 6.70. The smallest absolute Gasteiger partial charge is 0.282 e. The average Bonchev–Trinajstić information content (AvgIpc) is 3.34. The third kappa shape index (κ3) is 3.31. The zero-order valence-electron chi connectivity index (χ0n) is 15.5. The highest BCUT2D eigenvalue weighted by molar-refractivity contribution is 6.33. The molecule has 2 heterocycles. The predicted molar refractivity (Wildman–Crippen MR) is 112 cm³/mol. The van der Waals surface area contributed by atoms with Crippen LogP contribution in [0.5, 0.6) is 11.5 Å². The molecular weight excluding hydrogens is 407 g/mol. The molecule has 3 aromatic carbocycles. The number of anilines is 1. The van der Waals surface area contributed by atoms with E-state index in [9.17, 15) is 9.18 Å². The van der Waals surface area contributed by atoms with E-state index in [1.54, 1.807) is 54.6 Å². The Bertz CT molecular complexity index is 1200. The van der Waals surface area contributed by atoms with Gasteiger partial charge in [0.2, 0.25) is 6.79 Å². The van der Waals surface area contributed by atoms with Gasteiger partial charge in [-0.25, -0.2) is 9.38 Å². The Balaban J connectivity index is 1.59. The molecule has 3 aromatic rings. The fourth-order valence-electron chi connectivity index (χ4n) is 3.30. The molecule has 0 saturated heterocycles. The molecule has 0 atom stereocenters. The van der Waals surface area contributed by atoms with E-state index in [1.807, 2.05) is 6.07 Å². The molecular formula is C23H14ClFN2O3. The first-order valence-electron chi connectivity index (χ1n) is 9.14. The van der Waals surface area contributed by atoms with E-state index in [0.717, 1.165) is 5.56 Å². The van der Waals surface area contributed by atoms with Crippen molar-refractivity contribution in [3.63, 3.8) is 0 Å². The number of fused-ring (bicyclic) bond motifs is 1. The lowest BCUT2D eigenvalue weighted by Gasteiger charge is -2.18. The van der Waals surface area contributed by atoms with Gasteiger partial charge in [0.25, 0.3) is 5.91 Å². The molecule has 0 radical (unpaired) electrons. The van der Waals surface area contributed by atoms with Gasteiger partial charge in [0, 0.05) is 10.6 Å². The summed E-state index contributed by atoms with van der Waals surface area (Å²) < 4.78 is 24.1. The highest BCUT2D eigenvalue weighted by atomic mass is 35.5. The molecule has 148 valence electrons. The van der Waals surface area contributed by atoms with Gasteiger partial charge in [-0.3, -0.25) is 9.69 Å². The molecule has 0 aromatic heterocycles. The van der Waals surface area contributed by atoms with Crippen molar-refractivity contribution in [1.29, 1.82) is 0 Å². The quantitative estimate of drug-likeness (QED) is 0.558. The number of nitrogens with zero attached hydrogens (tertiary/aromatic N) is 2. The third-order valence-electron chi connectivity index (χ3n) is 4.75. The minimum Gasteiger partial charge on any atom is -0.454 e. The molecule has 0 bridgehead atoms. The van der Waals surface area contributed by atoms with Gasteiger partial charge in [-0.1, -0.05) is 17.7 Å². The lowest BCUT2D eigenvalue weighted by Crippen LogP contribution is -2.32. The summed E-state index contributed by atoms with van der Waals surface area (Å²) >= 11 is 6.00. The number of carbonyl (C=O) groups is 1. The largest absolute Gasteiger partial charge is 0.454 e. The molecule has 2 aliphatic heterocycles. The SMILES string of the molecule is O=C1/C(=C\c2ccc3c(c2)OCO3)N=C(c2ccc(F)cc2)N1c1ccc(Cl)cc1. The van der Waals surface area contributed by atoms with E-state index in [0.29, 0.717) is 33.6 Å². The van der Waals surface area contributed by atoms with E-state index >= 15 is 0 Å². The molecule has 0 spiro atoms. The Labute approximate surface area is 176 Å². The summed E-state index contributed by atoms with van der Waals surface area (Å²) in [4.78, 5) is 19.3. The summed E-state index contributed by atoms with van der Waals surface area (Å²) in [6, 6.07) is 18.1. The number of amides is 1. The lowest BCUT2D eigenvalue weighted by molar-refractivity contribution is -0.113. The van der Waals surface area contributed by atoms with Crippen LogP contribution < -0.4 is 14.4 Å². The molecule has 7 heteroatoms. The maximum atomic E-state index is 13.4. The standard InChI is InChI=1S/C23H14ClFN2O3/c24-16-4-8-18(9-5-16)27-22(15-2-6-17(25)7-3-15)26-19(23(27)28)11-14-1-10-20-21(12-14)30-13-29-20/h1-12H,13H2/b19-11+. The van der Waals surface area contributed by atoms with Gasteiger partial charge in [-0.2, -0.15) is 0 Å². The number of halogens is 2. The number of hydrogen-bond acceptors (Lipinski definition) is 4. The zero-order chi connectivity index (χ0) is 20.7. The van der Waals surface area contributed by atoms with Crippen LogP contribution in [0.3, 0.4) is 0 Å². The van der Waals surface area contributed by atoms with Crippen molar-refractivity contribution in [1.82, 2.24) is 0 Å². The van der Waals surface area contributed by atoms with Gasteiger partial charge in [0.1, 0.15) is 17.3 Å². The number of aliphatic imine (C=N–C) groups is 1. The molecule has 0 fully saturated rings. The number of ether oxygens (including phenoxy) is 2. The van der Waals surface area contributed by atoms with Gasteiger partial charge < -0.3 is 9.47 Å². The zero-order valence-corrected chi connectivity index (χ0v) is 16.3. The average molecular weight is 421 g/mol. The summed E-state index contributed by atoms with van der Waals surface area (Å²) in [5, 5.41) is 0.557. The fraction of sp³-hybridized carbons (Fsp3) is 0.0435. The van der Waals surface area contributed by atoms with Crippen LogP contribution in [0.15, 0.2) is 77.4 Å². The van der Waals surface area contributed by atoms with Crippen molar-refractivity contribution < 1.29 is 18.7 Å². The van der Waals surface area contributed by atoms with Crippen molar-refractivity contribution in [3.05, 3.63) is 94.4 Å². The summed E-state index contributed by atoms with van der Waals surface area (Å²) in [6.45, 7) is 0.172. The molecule has 0 aliphatic carbocycles. The Morgan fingerprint density at radius 1 is 0.967 bits per heavy atom. The van der Waals surface area contributed by atoms with E-state index < -0.39 is 0 Å². The molecule has 0 unspecified atom stereocenters. The van der Waals surface area contributed by atoms with Crippen molar-refractivity contribution >= 4 is 35.1 Å². The van der Waals surface area contributed by atoms with E-state index in [2.05, 4.69) is 4.99 Å². The number of carbonyl (C=O) groups excluding carboxylic acids is 1. The van der Waals surface area contributed by atoms with Crippen LogP contribution in [0.25, 0.3) is 6.08 Å². The molecule has 0 saturated carbocycles. The van der Waals surface area contributed by atoms with Crippen LogP contribution in [0.2, 0.25) is 5.02 Å². The topological polar surface area (TPSA) is 51.1 Å². The number of amidine groups is 1. The summed E-state index contributed by atoms with van der Waals surface area (Å²) in [6.07, 6.45) is 1.68. The first-order valence-corrected chi connectivity index (χ1v) is 9.52. The highest BCUT2D eigenvalue weighted by Crippen LogP contribution is 2.34. The Morgan fingerprint density at radius 2 is 1.70 bits per heavy atom. The van der Waals surface area contributed by atoms with E-state index in [4.69, 9.17) is 21.1 Å². The van der Waals surface area contributed by atoms with Crippen LogP contribution in [0, 0.1) is 5.82 Å². The van der Waals surface area contributed by atoms with E-state index in [1.165, 1.54) is 17.0 Å². The van der Waals surface area contributed by atoms with Crippen molar-refractivity contribution in [3.8, 4) is 11.5 Å². The highest BCUT2D eigenvalue weighted by Gasteiger charge is 2.32.